The van der Waals surface area contributed by atoms with Gasteiger partial charge in [0.15, 0.2) is 0 Å². The Hall–Kier alpha value is -2.02. The van der Waals surface area contributed by atoms with Gasteiger partial charge in [0, 0.05) is 6.54 Å². The molecule has 0 aliphatic heterocycles. The van der Waals surface area contributed by atoms with E-state index in [4.69, 9.17) is 5.73 Å². The van der Waals surface area contributed by atoms with Crippen LogP contribution in [0.4, 0.5) is 5.95 Å². The summed E-state index contributed by atoms with van der Waals surface area (Å²) in [5, 5.41) is 9.61. The second-order valence-corrected chi connectivity index (χ2v) is 6.13. The minimum absolute atomic E-state index is 0.0360. The van der Waals surface area contributed by atoms with Crippen LogP contribution in [-0.2, 0) is 4.79 Å². The van der Waals surface area contributed by atoms with E-state index in [0.717, 1.165) is 0 Å². The second-order valence-electron chi connectivity index (χ2n) is 4.82. The van der Waals surface area contributed by atoms with Crippen LogP contribution in [0, 0.1) is 0 Å². The minimum Gasteiger partial charge on any atom is -0.368 e. The van der Waals surface area contributed by atoms with E-state index in [0.29, 0.717) is 11.7 Å². The molecule has 0 spiro atoms. The molecule has 4 N–H and O–H groups in total. The maximum atomic E-state index is 12.1. The van der Waals surface area contributed by atoms with Crippen LogP contribution in [-0.4, -0.2) is 32.9 Å². The zero-order valence-corrected chi connectivity index (χ0v) is 12.9. The summed E-state index contributed by atoms with van der Waals surface area (Å²) in [6.07, 6.45) is 0. The summed E-state index contributed by atoms with van der Waals surface area (Å²) < 4.78 is 0. The SMILES string of the molecule is C[C@H](CNC(=O)[C@@H](C)Sc1n[nH]c(N)n1)c1ccccc1. The largest absolute Gasteiger partial charge is 0.368 e. The average Bonchev–Trinajstić information content (AvgIpc) is 2.90. The van der Waals surface area contributed by atoms with Gasteiger partial charge in [-0.05, 0) is 18.4 Å². The molecule has 0 saturated heterocycles. The number of carbonyl (C=O) groups excluding carboxylic acids is 1. The zero-order chi connectivity index (χ0) is 15.2. The van der Waals surface area contributed by atoms with E-state index in [1.807, 2.05) is 25.1 Å². The van der Waals surface area contributed by atoms with Crippen molar-refractivity contribution in [2.24, 2.45) is 0 Å². The number of aromatic nitrogens is 3. The molecule has 0 bridgehead atoms. The number of nitrogens with zero attached hydrogens (tertiary/aromatic N) is 2. The lowest BCUT2D eigenvalue weighted by atomic mass is 10.0. The Morgan fingerprint density at radius 2 is 2.10 bits per heavy atom. The molecule has 0 aliphatic rings. The van der Waals surface area contributed by atoms with Gasteiger partial charge < -0.3 is 11.1 Å². The molecule has 0 aliphatic carbocycles. The van der Waals surface area contributed by atoms with Gasteiger partial charge >= 0.3 is 0 Å². The Labute approximate surface area is 127 Å². The number of aromatic amines is 1. The molecule has 2 aromatic rings. The van der Waals surface area contributed by atoms with Gasteiger partial charge in [-0.15, -0.1) is 5.10 Å². The van der Waals surface area contributed by atoms with Crippen molar-refractivity contribution in [3.05, 3.63) is 35.9 Å². The van der Waals surface area contributed by atoms with E-state index in [1.165, 1.54) is 17.3 Å². The first-order chi connectivity index (χ1) is 10.1. The standard InChI is InChI=1S/C14H19N5OS/c1-9(11-6-4-3-5-7-11)8-16-12(20)10(2)21-14-17-13(15)18-19-14/h3-7,9-10H,8H2,1-2H3,(H,16,20)(H3,15,17,18,19)/t9-,10-/m1/s1. The van der Waals surface area contributed by atoms with Gasteiger partial charge in [0.25, 0.3) is 0 Å². The van der Waals surface area contributed by atoms with Crippen LogP contribution in [0.2, 0.25) is 0 Å². The van der Waals surface area contributed by atoms with E-state index < -0.39 is 0 Å². The van der Waals surface area contributed by atoms with Crippen LogP contribution in [0.25, 0.3) is 0 Å². The van der Waals surface area contributed by atoms with Crippen LogP contribution >= 0.6 is 11.8 Å². The quantitative estimate of drug-likeness (QED) is 0.707. The first kappa shape index (κ1) is 15.4. The third-order valence-corrected chi connectivity index (χ3v) is 4.05. The predicted molar refractivity (Wildman–Crippen MR) is 84.0 cm³/mol. The summed E-state index contributed by atoms with van der Waals surface area (Å²) >= 11 is 1.27. The van der Waals surface area contributed by atoms with Crippen molar-refractivity contribution >= 4 is 23.6 Å². The molecule has 1 amide bonds. The summed E-state index contributed by atoms with van der Waals surface area (Å²) in [6, 6.07) is 10.1. The van der Waals surface area contributed by atoms with Crippen molar-refractivity contribution in [2.75, 3.05) is 12.3 Å². The molecule has 21 heavy (non-hydrogen) atoms. The number of hydrogen-bond donors (Lipinski definition) is 3. The molecular weight excluding hydrogens is 286 g/mol. The number of rotatable bonds is 6. The van der Waals surface area contributed by atoms with Crippen LogP contribution in [0.1, 0.15) is 25.3 Å². The first-order valence-corrected chi connectivity index (χ1v) is 7.61. The van der Waals surface area contributed by atoms with E-state index in [1.54, 1.807) is 0 Å². The monoisotopic (exact) mass is 305 g/mol. The topological polar surface area (TPSA) is 96.7 Å². The molecule has 7 heteroatoms. The van der Waals surface area contributed by atoms with E-state index in [2.05, 4.69) is 39.6 Å². The number of nitrogens with two attached hydrogens (primary N) is 1. The summed E-state index contributed by atoms with van der Waals surface area (Å²) in [5.41, 5.74) is 6.66. The minimum atomic E-state index is -0.275. The van der Waals surface area contributed by atoms with Gasteiger partial charge in [0.05, 0.1) is 5.25 Å². The number of hydrogen-bond acceptors (Lipinski definition) is 5. The van der Waals surface area contributed by atoms with Crippen LogP contribution in [0.15, 0.2) is 35.5 Å². The molecule has 0 fully saturated rings. The lowest BCUT2D eigenvalue weighted by molar-refractivity contribution is -0.120. The number of benzene rings is 1. The Morgan fingerprint density at radius 1 is 1.38 bits per heavy atom. The van der Waals surface area contributed by atoms with E-state index in [-0.39, 0.29) is 23.0 Å². The molecule has 2 atom stereocenters. The summed E-state index contributed by atoms with van der Waals surface area (Å²) in [5.74, 6) is 0.487. The van der Waals surface area contributed by atoms with Gasteiger partial charge in [-0.25, -0.2) is 5.10 Å². The van der Waals surface area contributed by atoms with Crippen molar-refractivity contribution in [3.63, 3.8) is 0 Å². The molecule has 1 aromatic carbocycles. The lowest BCUT2D eigenvalue weighted by Gasteiger charge is -2.15. The smallest absolute Gasteiger partial charge is 0.233 e. The van der Waals surface area contributed by atoms with Crippen molar-refractivity contribution < 1.29 is 4.79 Å². The van der Waals surface area contributed by atoms with Gasteiger partial charge in [0.2, 0.25) is 17.0 Å². The molecule has 6 nitrogen and oxygen atoms in total. The van der Waals surface area contributed by atoms with Gasteiger partial charge in [-0.3, -0.25) is 4.79 Å². The normalized spacial score (nSPS) is 13.6. The lowest BCUT2D eigenvalue weighted by Crippen LogP contribution is -2.33. The Kier molecular flexibility index (Phi) is 5.21. The highest BCUT2D eigenvalue weighted by Crippen LogP contribution is 2.20. The van der Waals surface area contributed by atoms with E-state index in [9.17, 15) is 4.79 Å². The molecule has 0 radical (unpaired) electrons. The van der Waals surface area contributed by atoms with Crippen LogP contribution in [0.3, 0.4) is 0 Å². The average molecular weight is 305 g/mol. The molecule has 0 saturated carbocycles. The summed E-state index contributed by atoms with van der Waals surface area (Å²) in [7, 11) is 0. The fourth-order valence-corrected chi connectivity index (χ4v) is 2.58. The Morgan fingerprint density at radius 3 is 2.71 bits per heavy atom. The molecule has 0 unspecified atom stereocenters. The van der Waals surface area contributed by atoms with E-state index >= 15 is 0 Å². The summed E-state index contributed by atoms with van der Waals surface area (Å²) in [6.45, 7) is 4.51. The summed E-state index contributed by atoms with van der Waals surface area (Å²) in [4.78, 5) is 16.0. The number of nitrogen functional groups attached to an aromatic ring is 1. The predicted octanol–water partition coefficient (Wildman–Crippen LogP) is 1.79. The molecule has 1 heterocycles. The maximum Gasteiger partial charge on any atom is 0.233 e. The van der Waals surface area contributed by atoms with Gasteiger partial charge in [0.1, 0.15) is 0 Å². The molecule has 2 rings (SSSR count). The van der Waals surface area contributed by atoms with Crippen molar-refractivity contribution in [2.45, 2.75) is 30.2 Å². The number of thioether (sulfide) groups is 1. The highest BCUT2D eigenvalue weighted by molar-refractivity contribution is 8.00. The third kappa shape index (κ3) is 4.49. The van der Waals surface area contributed by atoms with Crippen molar-refractivity contribution in [1.82, 2.24) is 20.5 Å². The maximum absolute atomic E-state index is 12.1. The molecule has 1 aromatic heterocycles. The molecular formula is C14H19N5OS. The number of carbonyl (C=O) groups is 1. The molecule has 112 valence electrons. The number of anilines is 1. The Bertz CT molecular complexity index is 586. The van der Waals surface area contributed by atoms with Crippen LogP contribution < -0.4 is 11.1 Å². The van der Waals surface area contributed by atoms with Crippen molar-refractivity contribution in [3.8, 4) is 0 Å². The number of nitrogens with one attached hydrogen (secondary N) is 2. The Balaban J connectivity index is 1.81. The van der Waals surface area contributed by atoms with Crippen LogP contribution in [0.5, 0.6) is 0 Å². The van der Waals surface area contributed by atoms with Gasteiger partial charge in [-0.1, -0.05) is 49.0 Å². The fourth-order valence-electron chi connectivity index (χ4n) is 1.82. The number of H-pyrrole nitrogens is 1. The highest BCUT2D eigenvalue weighted by atomic mass is 32.2. The van der Waals surface area contributed by atoms with Gasteiger partial charge in [-0.2, -0.15) is 4.98 Å². The number of amides is 1. The first-order valence-electron chi connectivity index (χ1n) is 6.73. The van der Waals surface area contributed by atoms with Crippen molar-refractivity contribution in [1.29, 1.82) is 0 Å². The fraction of sp³-hybridized carbons (Fsp3) is 0.357. The second kappa shape index (κ2) is 7.12. The highest BCUT2D eigenvalue weighted by Gasteiger charge is 2.17. The third-order valence-electron chi connectivity index (χ3n) is 3.08. The zero-order valence-electron chi connectivity index (χ0n) is 12.0.